The third kappa shape index (κ3) is 2.30. The first kappa shape index (κ1) is 11.6. The maximum absolute atomic E-state index is 12.8. The summed E-state index contributed by atoms with van der Waals surface area (Å²) in [6.07, 6.45) is -3.80. The van der Waals surface area contributed by atoms with Crippen LogP contribution >= 0.6 is 0 Å². The van der Waals surface area contributed by atoms with Crippen molar-refractivity contribution in [3.05, 3.63) is 35.7 Å². The molecule has 0 radical (unpaired) electrons. The quantitative estimate of drug-likeness (QED) is 0.877. The molecule has 17 heavy (non-hydrogen) atoms. The number of H-pyrrole nitrogens is 1. The van der Waals surface area contributed by atoms with Gasteiger partial charge in [-0.1, -0.05) is 25.1 Å². The van der Waals surface area contributed by atoms with E-state index >= 15 is 0 Å². The molecule has 1 aromatic heterocycles. The first-order valence-corrected chi connectivity index (χ1v) is 5.10. The Balaban J connectivity index is 2.52. The second kappa shape index (κ2) is 4.20. The number of nitrogens with one attached hydrogen (secondary N) is 1. The highest BCUT2D eigenvalue weighted by atomic mass is 19.4. The number of hydrogen-bond acceptors (Lipinski definition) is 2. The van der Waals surface area contributed by atoms with E-state index < -0.39 is 11.7 Å². The summed E-state index contributed by atoms with van der Waals surface area (Å²) in [5.74, 6) is 0.645. The van der Waals surface area contributed by atoms with E-state index in [0.29, 0.717) is 12.2 Å². The highest BCUT2D eigenvalue weighted by Gasteiger charge is 2.34. The Bertz CT molecular complexity index is 517. The molecule has 0 amide bonds. The summed E-state index contributed by atoms with van der Waals surface area (Å²) in [6.45, 7) is 1.85. The van der Waals surface area contributed by atoms with Gasteiger partial charge in [0.05, 0.1) is 5.56 Å². The minimum absolute atomic E-state index is 0.00375. The van der Waals surface area contributed by atoms with Gasteiger partial charge in [-0.05, 0) is 6.07 Å². The Morgan fingerprint density at radius 2 is 1.94 bits per heavy atom. The zero-order valence-corrected chi connectivity index (χ0v) is 9.04. The summed E-state index contributed by atoms with van der Waals surface area (Å²) in [5, 5.41) is 6.40. The number of aromatic nitrogens is 3. The normalized spacial score (nSPS) is 11.8. The minimum Gasteiger partial charge on any atom is -0.263 e. The minimum atomic E-state index is -4.40. The van der Waals surface area contributed by atoms with E-state index in [1.807, 2.05) is 6.92 Å². The largest absolute Gasteiger partial charge is 0.417 e. The molecule has 0 spiro atoms. The van der Waals surface area contributed by atoms with Crippen LogP contribution in [0, 0.1) is 0 Å². The lowest BCUT2D eigenvalue weighted by Gasteiger charge is -2.09. The number of halogens is 3. The van der Waals surface area contributed by atoms with E-state index in [9.17, 15) is 13.2 Å². The molecule has 6 heteroatoms. The fraction of sp³-hybridized carbons (Fsp3) is 0.273. The Kier molecular flexibility index (Phi) is 2.87. The van der Waals surface area contributed by atoms with Gasteiger partial charge < -0.3 is 0 Å². The van der Waals surface area contributed by atoms with Crippen molar-refractivity contribution in [1.82, 2.24) is 15.2 Å². The molecule has 0 saturated carbocycles. The van der Waals surface area contributed by atoms with Gasteiger partial charge in [0.25, 0.3) is 0 Å². The van der Waals surface area contributed by atoms with E-state index in [1.165, 1.54) is 18.2 Å². The Hall–Kier alpha value is -1.85. The molecule has 2 rings (SSSR count). The van der Waals surface area contributed by atoms with Gasteiger partial charge in [-0.15, -0.1) is 0 Å². The summed E-state index contributed by atoms with van der Waals surface area (Å²) < 4.78 is 38.3. The van der Waals surface area contributed by atoms with Crippen LogP contribution in [-0.2, 0) is 12.6 Å². The van der Waals surface area contributed by atoms with Crippen molar-refractivity contribution < 1.29 is 13.2 Å². The number of benzene rings is 1. The number of aryl methyl sites for hydroxylation is 1. The van der Waals surface area contributed by atoms with Gasteiger partial charge in [-0.25, -0.2) is 4.98 Å². The molecule has 3 nitrogen and oxygen atoms in total. The van der Waals surface area contributed by atoms with Crippen molar-refractivity contribution in [3.63, 3.8) is 0 Å². The van der Waals surface area contributed by atoms with Gasteiger partial charge in [0.1, 0.15) is 5.82 Å². The fourth-order valence-corrected chi connectivity index (χ4v) is 1.50. The number of alkyl halides is 3. The smallest absolute Gasteiger partial charge is 0.263 e. The van der Waals surface area contributed by atoms with Gasteiger partial charge in [0.15, 0.2) is 5.82 Å². The molecule has 90 valence electrons. The first-order chi connectivity index (χ1) is 8.02. The predicted octanol–water partition coefficient (Wildman–Crippen LogP) is 3.05. The van der Waals surface area contributed by atoms with Crippen LogP contribution in [0.15, 0.2) is 24.3 Å². The second-order valence-corrected chi connectivity index (χ2v) is 3.50. The SMILES string of the molecule is CCc1nc(-c2ccccc2C(F)(F)F)n[nH]1. The number of aromatic amines is 1. The molecule has 1 aromatic carbocycles. The van der Waals surface area contributed by atoms with Gasteiger partial charge in [-0.3, -0.25) is 5.10 Å². The average Bonchev–Trinajstić information content (AvgIpc) is 2.76. The van der Waals surface area contributed by atoms with Crippen LogP contribution in [0.25, 0.3) is 11.4 Å². The maximum Gasteiger partial charge on any atom is 0.417 e. The average molecular weight is 241 g/mol. The zero-order chi connectivity index (χ0) is 12.5. The molecule has 0 unspecified atom stereocenters. The standard InChI is InChI=1S/C11H10F3N3/c1-2-9-15-10(17-16-9)7-5-3-4-6-8(7)11(12,13)14/h3-6H,2H2,1H3,(H,15,16,17). The van der Waals surface area contributed by atoms with Crippen molar-refractivity contribution in [2.75, 3.05) is 0 Å². The summed E-state index contributed by atoms with van der Waals surface area (Å²) in [5.41, 5.74) is -0.724. The van der Waals surface area contributed by atoms with Crippen molar-refractivity contribution in [3.8, 4) is 11.4 Å². The van der Waals surface area contributed by atoms with E-state index in [-0.39, 0.29) is 11.4 Å². The lowest BCUT2D eigenvalue weighted by atomic mass is 10.1. The fourth-order valence-electron chi connectivity index (χ4n) is 1.50. The topological polar surface area (TPSA) is 41.6 Å². The Labute approximate surface area is 95.7 Å². The second-order valence-electron chi connectivity index (χ2n) is 3.50. The van der Waals surface area contributed by atoms with E-state index in [1.54, 1.807) is 0 Å². The van der Waals surface area contributed by atoms with Crippen LogP contribution in [-0.4, -0.2) is 15.2 Å². The number of rotatable bonds is 2. The Morgan fingerprint density at radius 1 is 1.24 bits per heavy atom. The van der Waals surface area contributed by atoms with Gasteiger partial charge >= 0.3 is 6.18 Å². The van der Waals surface area contributed by atoms with E-state index in [0.717, 1.165) is 6.07 Å². The van der Waals surface area contributed by atoms with Gasteiger partial charge in [-0.2, -0.15) is 18.3 Å². The molecular formula is C11H10F3N3. The molecule has 0 fully saturated rings. The predicted molar refractivity (Wildman–Crippen MR) is 56.2 cm³/mol. The van der Waals surface area contributed by atoms with Crippen LogP contribution in [0.5, 0.6) is 0 Å². The highest BCUT2D eigenvalue weighted by molar-refractivity contribution is 5.60. The summed E-state index contributed by atoms with van der Waals surface area (Å²) in [6, 6.07) is 5.27. The lowest BCUT2D eigenvalue weighted by Crippen LogP contribution is -2.07. The van der Waals surface area contributed by atoms with Crippen LogP contribution in [0.2, 0.25) is 0 Å². The van der Waals surface area contributed by atoms with E-state index in [2.05, 4.69) is 15.2 Å². The number of nitrogens with zero attached hydrogens (tertiary/aromatic N) is 2. The summed E-state index contributed by atoms with van der Waals surface area (Å²) in [7, 11) is 0. The van der Waals surface area contributed by atoms with Crippen LogP contribution in [0.4, 0.5) is 13.2 Å². The van der Waals surface area contributed by atoms with Crippen LogP contribution in [0.1, 0.15) is 18.3 Å². The lowest BCUT2D eigenvalue weighted by molar-refractivity contribution is -0.137. The molecule has 0 aliphatic heterocycles. The van der Waals surface area contributed by atoms with Gasteiger partial charge in [0, 0.05) is 12.0 Å². The molecule has 1 heterocycles. The Morgan fingerprint density at radius 3 is 2.53 bits per heavy atom. The first-order valence-electron chi connectivity index (χ1n) is 5.10. The number of hydrogen-bond donors (Lipinski definition) is 1. The third-order valence-corrected chi connectivity index (χ3v) is 2.34. The van der Waals surface area contributed by atoms with Crippen molar-refractivity contribution >= 4 is 0 Å². The van der Waals surface area contributed by atoms with Crippen molar-refractivity contribution in [2.45, 2.75) is 19.5 Å². The molecule has 0 bridgehead atoms. The van der Waals surface area contributed by atoms with Crippen LogP contribution in [0.3, 0.4) is 0 Å². The molecule has 1 N–H and O–H groups in total. The maximum atomic E-state index is 12.8. The monoisotopic (exact) mass is 241 g/mol. The highest BCUT2D eigenvalue weighted by Crippen LogP contribution is 2.35. The van der Waals surface area contributed by atoms with Crippen molar-refractivity contribution in [2.24, 2.45) is 0 Å². The van der Waals surface area contributed by atoms with Gasteiger partial charge in [0.2, 0.25) is 0 Å². The molecular weight excluding hydrogens is 231 g/mol. The third-order valence-electron chi connectivity index (χ3n) is 2.34. The van der Waals surface area contributed by atoms with Crippen molar-refractivity contribution in [1.29, 1.82) is 0 Å². The summed E-state index contributed by atoms with van der Waals surface area (Å²) >= 11 is 0. The van der Waals surface area contributed by atoms with E-state index in [4.69, 9.17) is 0 Å². The summed E-state index contributed by atoms with van der Waals surface area (Å²) in [4.78, 5) is 4.01. The molecule has 2 aromatic rings. The molecule has 0 saturated heterocycles. The van der Waals surface area contributed by atoms with Crippen LogP contribution < -0.4 is 0 Å². The molecule has 0 aliphatic rings. The molecule has 0 aliphatic carbocycles. The zero-order valence-electron chi connectivity index (χ0n) is 9.04. The molecule has 0 atom stereocenters.